The summed E-state index contributed by atoms with van der Waals surface area (Å²) >= 11 is 20.0. The van der Waals surface area contributed by atoms with Crippen LogP contribution in [0.25, 0.3) is 0 Å². The molecule has 0 spiro atoms. The number of rotatable bonds is 0. The van der Waals surface area contributed by atoms with Crippen molar-refractivity contribution in [2.24, 2.45) is 0 Å². The maximum Gasteiger partial charge on any atom is 0.136 e. The third kappa shape index (κ3) is 8.77. The summed E-state index contributed by atoms with van der Waals surface area (Å²) in [4.78, 5) is 0. The highest BCUT2D eigenvalue weighted by Gasteiger charge is 1.94. The van der Waals surface area contributed by atoms with Gasteiger partial charge in [0.15, 0.2) is 0 Å². The Labute approximate surface area is 86.2 Å². The summed E-state index contributed by atoms with van der Waals surface area (Å²) in [6, 6.07) is 0. The van der Waals surface area contributed by atoms with Crippen LogP contribution in [0, 0.1) is 0 Å². The standard InChI is InChI=1S/C4H8O.C2Cl4/c1-2-4-5-3-1;3-1(4)2(5)6/h1-4H2;. The first-order valence-electron chi connectivity index (χ1n) is 3.08. The summed E-state index contributed by atoms with van der Waals surface area (Å²) in [5.74, 6) is 0. The second-order valence-electron chi connectivity index (χ2n) is 1.84. The number of ether oxygens (including phenoxy) is 1. The second-order valence-corrected chi connectivity index (χ2v) is 3.74. The molecule has 0 aromatic carbocycles. The fourth-order valence-electron chi connectivity index (χ4n) is 0.510. The third-order valence-corrected chi connectivity index (χ3v) is 2.11. The average molecular weight is 238 g/mol. The SMILES string of the molecule is C1CCOC1.ClC(Cl)=C(Cl)Cl. The fraction of sp³-hybridized carbons (Fsp3) is 0.667. The quantitative estimate of drug-likeness (QED) is 0.622. The van der Waals surface area contributed by atoms with Crippen LogP contribution < -0.4 is 0 Å². The van der Waals surface area contributed by atoms with Gasteiger partial charge in [0.2, 0.25) is 0 Å². The van der Waals surface area contributed by atoms with Crippen LogP contribution in [0.5, 0.6) is 0 Å². The van der Waals surface area contributed by atoms with Crippen LogP contribution in [-0.4, -0.2) is 13.2 Å². The molecule has 1 heterocycles. The van der Waals surface area contributed by atoms with E-state index in [0.717, 1.165) is 13.2 Å². The van der Waals surface area contributed by atoms with Gasteiger partial charge < -0.3 is 4.74 Å². The maximum absolute atomic E-state index is 4.99. The van der Waals surface area contributed by atoms with Gasteiger partial charge in [-0.3, -0.25) is 0 Å². The molecule has 1 rings (SSSR count). The van der Waals surface area contributed by atoms with Gasteiger partial charge in [-0.15, -0.1) is 0 Å². The van der Waals surface area contributed by atoms with Crippen molar-refractivity contribution in [3.8, 4) is 0 Å². The number of hydrogen-bond acceptors (Lipinski definition) is 1. The molecule has 1 aliphatic heterocycles. The number of hydrogen-bond donors (Lipinski definition) is 0. The highest BCUT2D eigenvalue weighted by Crippen LogP contribution is 2.20. The molecule has 0 aliphatic carbocycles. The van der Waals surface area contributed by atoms with E-state index in [1.54, 1.807) is 0 Å². The summed E-state index contributed by atoms with van der Waals surface area (Å²) in [7, 11) is 0. The van der Waals surface area contributed by atoms with E-state index in [2.05, 4.69) is 0 Å². The summed E-state index contributed by atoms with van der Waals surface area (Å²) in [5, 5.41) is 0. The van der Waals surface area contributed by atoms with Crippen molar-refractivity contribution in [2.45, 2.75) is 12.8 Å². The zero-order chi connectivity index (χ0) is 8.69. The Hall–Kier alpha value is 0.860. The van der Waals surface area contributed by atoms with E-state index in [4.69, 9.17) is 51.1 Å². The molecule has 0 atom stereocenters. The van der Waals surface area contributed by atoms with Gasteiger partial charge in [-0.2, -0.15) is 0 Å². The molecule has 0 bridgehead atoms. The molecule has 1 saturated heterocycles. The zero-order valence-electron chi connectivity index (χ0n) is 5.75. The molecular weight excluding hydrogens is 230 g/mol. The van der Waals surface area contributed by atoms with Gasteiger partial charge in [0.05, 0.1) is 0 Å². The van der Waals surface area contributed by atoms with Crippen LogP contribution in [0.2, 0.25) is 0 Å². The molecule has 0 radical (unpaired) electrons. The Bertz CT molecular complexity index is 105. The Kier molecular flexibility index (Phi) is 8.09. The topological polar surface area (TPSA) is 9.23 Å². The Morgan fingerprint density at radius 1 is 0.818 bits per heavy atom. The zero-order valence-corrected chi connectivity index (χ0v) is 8.77. The predicted octanol–water partition coefficient (Wildman–Crippen LogP) is 3.87. The minimum atomic E-state index is -0.0988. The Morgan fingerprint density at radius 2 is 1.18 bits per heavy atom. The monoisotopic (exact) mass is 236 g/mol. The molecule has 0 amide bonds. The van der Waals surface area contributed by atoms with Gasteiger partial charge in [0, 0.05) is 13.2 Å². The normalized spacial score (nSPS) is 15.3. The van der Waals surface area contributed by atoms with E-state index in [1.165, 1.54) is 12.8 Å². The third-order valence-electron chi connectivity index (χ3n) is 0.970. The molecular formula is C6H8Cl4O. The van der Waals surface area contributed by atoms with Crippen molar-refractivity contribution >= 4 is 46.4 Å². The van der Waals surface area contributed by atoms with E-state index in [0.29, 0.717) is 0 Å². The first-order chi connectivity index (χ1) is 5.14. The molecule has 0 aromatic rings. The van der Waals surface area contributed by atoms with Gasteiger partial charge in [-0.25, -0.2) is 0 Å². The molecule has 0 aromatic heterocycles. The van der Waals surface area contributed by atoms with Crippen molar-refractivity contribution in [2.75, 3.05) is 13.2 Å². The largest absolute Gasteiger partial charge is 0.381 e. The minimum Gasteiger partial charge on any atom is -0.381 e. The van der Waals surface area contributed by atoms with Gasteiger partial charge >= 0.3 is 0 Å². The Balaban J connectivity index is 0.000000183. The summed E-state index contributed by atoms with van der Waals surface area (Å²) in [6.07, 6.45) is 2.56. The maximum atomic E-state index is 4.99. The van der Waals surface area contributed by atoms with Crippen LogP contribution >= 0.6 is 46.4 Å². The molecule has 0 N–H and O–H groups in total. The molecule has 1 nitrogen and oxygen atoms in total. The van der Waals surface area contributed by atoms with E-state index in [9.17, 15) is 0 Å². The molecule has 5 heteroatoms. The highest BCUT2D eigenvalue weighted by molar-refractivity contribution is 6.67. The van der Waals surface area contributed by atoms with Crippen LogP contribution in [0.15, 0.2) is 8.98 Å². The molecule has 1 fully saturated rings. The average Bonchev–Trinajstić information content (AvgIpc) is 2.41. The highest BCUT2D eigenvalue weighted by atomic mass is 35.5. The van der Waals surface area contributed by atoms with Crippen molar-refractivity contribution < 1.29 is 4.74 Å². The van der Waals surface area contributed by atoms with Crippen molar-refractivity contribution in [1.29, 1.82) is 0 Å². The number of halogens is 4. The first kappa shape index (κ1) is 11.9. The van der Waals surface area contributed by atoms with Gasteiger partial charge in [0.25, 0.3) is 0 Å². The molecule has 0 unspecified atom stereocenters. The van der Waals surface area contributed by atoms with Gasteiger partial charge in [-0.1, -0.05) is 46.4 Å². The lowest BCUT2D eigenvalue weighted by molar-refractivity contribution is 0.198. The fourth-order valence-corrected chi connectivity index (χ4v) is 0.510. The molecule has 1 aliphatic rings. The summed E-state index contributed by atoms with van der Waals surface area (Å²) in [6.45, 7) is 2.00. The lowest BCUT2D eigenvalue weighted by Crippen LogP contribution is -1.74. The summed E-state index contributed by atoms with van der Waals surface area (Å²) in [5.41, 5.74) is 0. The molecule has 11 heavy (non-hydrogen) atoms. The van der Waals surface area contributed by atoms with Crippen LogP contribution in [-0.2, 0) is 4.74 Å². The van der Waals surface area contributed by atoms with Crippen molar-refractivity contribution in [3.05, 3.63) is 8.98 Å². The smallest absolute Gasteiger partial charge is 0.136 e. The molecule has 66 valence electrons. The second kappa shape index (κ2) is 7.51. The van der Waals surface area contributed by atoms with Gasteiger partial charge in [0.1, 0.15) is 8.98 Å². The first-order valence-corrected chi connectivity index (χ1v) is 4.60. The van der Waals surface area contributed by atoms with Crippen LogP contribution in [0.4, 0.5) is 0 Å². The minimum absolute atomic E-state index is 0.0988. The summed E-state index contributed by atoms with van der Waals surface area (Å²) < 4.78 is 4.75. The lowest BCUT2D eigenvalue weighted by Gasteiger charge is -1.76. The van der Waals surface area contributed by atoms with Crippen molar-refractivity contribution in [3.63, 3.8) is 0 Å². The van der Waals surface area contributed by atoms with E-state index in [-0.39, 0.29) is 8.98 Å². The Morgan fingerprint density at radius 3 is 1.27 bits per heavy atom. The van der Waals surface area contributed by atoms with E-state index < -0.39 is 0 Å². The lowest BCUT2D eigenvalue weighted by atomic mass is 10.4. The van der Waals surface area contributed by atoms with E-state index in [1.807, 2.05) is 0 Å². The molecule has 0 saturated carbocycles. The van der Waals surface area contributed by atoms with Crippen LogP contribution in [0.3, 0.4) is 0 Å². The van der Waals surface area contributed by atoms with Gasteiger partial charge in [-0.05, 0) is 12.8 Å². The van der Waals surface area contributed by atoms with E-state index >= 15 is 0 Å². The van der Waals surface area contributed by atoms with Crippen LogP contribution in [0.1, 0.15) is 12.8 Å². The van der Waals surface area contributed by atoms with Crippen molar-refractivity contribution in [1.82, 2.24) is 0 Å². The predicted molar refractivity (Wildman–Crippen MR) is 50.5 cm³/mol.